The van der Waals surface area contributed by atoms with Crippen molar-refractivity contribution in [3.63, 3.8) is 0 Å². The summed E-state index contributed by atoms with van der Waals surface area (Å²) in [6.07, 6.45) is 13.2. The highest BCUT2D eigenvalue weighted by molar-refractivity contribution is 5.09. The van der Waals surface area contributed by atoms with Crippen molar-refractivity contribution in [2.45, 2.75) is 57.9 Å². The molecule has 0 saturated heterocycles. The van der Waals surface area contributed by atoms with Gasteiger partial charge in [0.25, 0.3) is 0 Å². The molecule has 0 spiro atoms. The summed E-state index contributed by atoms with van der Waals surface area (Å²) < 4.78 is 0. The van der Waals surface area contributed by atoms with Crippen LogP contribution in [0, 0.1) is 5.92 Å². The molecule has 1 N–H and O–H groups in total. The second-order valence-corrected chi connectivity index (χ2v) is 5.60. The van der Waals surface area contributed by atoms with E-state index >= 15 is 0 Å². The van der Waals surface area contributed by atoms with Gasteiger partial charge in [-0.1, -0.05) is 32.3 Å². The van der Waals surface area contributed by atoms with E-state index in [0.29, 0.717) is 0 Å². The minimum absolute atomic E-state index is 0.745. The average Bonchev–Trinajstić information content (AvgIpc) is 2.63. The molecule has 0 bridgehead atoms. The first-order valence-corrected chi connectivity index (χ1v) is 7.50. The highest BCUT2D eigenvalue weighted by atomic mass is 14.9. The van der Waals surface area contributed by atoms with Crippen molar-refractivity contribution < 1.29 is 0 Å². The Morgan fingerprint density at radius 3 is 3.00 bits per heavy atom. The van der Waals surface area contributed by atoms with Crippen LogP contribution >= 0.6 is 0 Å². The van der Waals surface area contributed by atoms with E-state index in [4.69, 9.17) is 0 Å². The minimum atomic E-state index is 0.745. The van der Waals surface area contributed by atoms with Crippen molar-refractivity contribution in [3.05, 3.63) is 30.1 Å². The highest BCUT2D eigenvalue weighted by Crippen LogP contribution is 2.26. The van der Waals surface area contributed by atoms with Gasteiger partial charge in [-0.15, -0.1) is 0 Å². The lowest BCUT2D eigenvalue weighted by Crippen LogP contribution is -2.31. The third-order valence-corrected chi connectivity index (χ3v) is 3.96. The molecular weight excluding hydrogens is 220 g/mol. The van der Waals surface area contributed by atoms with Crippen molar-refractivity contribution >= 4 is 0 Å². The third kappa shape index (κ3) is 4.41. The SMILES string of the molecule is CCCNC1CCCCC(Cc2cccnc2)C1. The lowest BCUT2D eigenvalue weighted by Gasteiger charge is -2.21. The molecule has 1 aromatic rings. The van der Waals surface area contributed by atoms with E-state index in [0.717, 1.165) is 12.0 Å². The Morgan fingerprint density at radius 1 is 1.33 bits per heavy atom. The molecule has 0 amide bonds. The Hall–Kier alpha value is -0.890. The van der Waals surface area contributed by atoms with Gasteiger partial charge in [-0.2, -0.15) is 0 Å². The molecule has 1 aromatic heterocycles. The molecule has 1 saturated carbocycles. The van der Waals surface area contributed by atoms with Gasteiger partial charge in [0.05, 0.1) is 0 Å². The van der Waals surface area contributed by atoms with Crippen LogP contribution in [0.3, 0.4) is 0 Å². The third-order valence-electron chi connectivity index (χ3n) is 3.96. The van der Waals surface area contributed by atoms with Crippen LogP contribution in [0.2, 0.25) is 0 Å². The molecule has 2 nitrogen and oxygen atoms in total. The summed E-state index contributed by atoms with van der Waals surface area (Å²) in [6, 6.07) is 5.01. The molecule has 2 unspecified atom stereocenters. The maximum atomic E-state index is 4.23. The number of rotatable bonds is 5. The minimum Gasteiger partial charge on any atom is -0.314 e. The van der Waals surface area contributed by atoms with Crippen LogP contribution in [0.1, 0.15) is 51.0 Å². The predicted octanol–water partition coefficient (Wildman–Crippen LogP) is 3.57. The number of aromatic nitrogens is 1. The van der Waals surface area contributed by atoms with Gasteiger partial charge < -0.3 is 5.32 Å². The molecule has 1 fully saturated rings. The van der Waals surface area contributed by atoms with Crippen LogP contribution in [-0.2, 0) is 6.42 Å². The van der Waals surface area contributed by atoms with E-state index in [9.17, 15) is 0 Å². The summed E-state index contributed by atoms with van der Waals surface area (Å²) in [5.74, 6) is 0.839. The number of hydrogen-bond acceptors (Lipinski definition) is 2. The summed E-state index contributed by atoms with van der Waals surface area (Å²) in [7, 11) is 0. The first-order chi connectivity index (χ1) is 8.88. The second kappa shape index (κ2) is 7.52. The van der Waals surface area contributed by atoms with E-state index in [1.807, 2.05) is 12.4 Å². The zero-order chi connectivity index (χ0) is 12.6. The molecule has 0 aliphatic heterocycles. The standard InChI is InChI=1S/C16H26N2/c1-2-9-18-16-8-4-3-6-14(12-16)11-15-7-5-10-17-13-15/h5,7,10,13-14,16,18H,2-4,6,8-9,11-12H2,1H3. The number of hydrogen-bond donors (Lipinski definition) is 1. The fourth-order valence-corrected chi connectivity index (χ4v) is 3.03. The molecule has 2 heteroatoms. The summed E-state index contributed by atoms with van der Waals surface area (Å²) in [5.41, 5.74) is 1.40. The maximum Gasteiger partial charge on any atom is 0.0299 e. The van der Waals surface area contributed by atoms with E-state index in [1.54, 1.807) is 0 Å². The van der Waals surface area contributed by atoms with Crippen molar-refractivity contribution in [1.82, 2.24) is 10.3 Å². The lowest BCUT2D eigenvalue weighted by molar-refractivity contribution is 0.384. The Labute approximate surface area is 111 Å². The van der Waals surface area contributed by atoms with Gasteiger partial charge in [-0.25, -0.2) is 0 Å². The smallest absolute Gasteiger partial charge is 0.0299 e. The number of nitrogens with one attached hydrogen (secondary N) is 1. The topological polar surface area (TPSA) is 24.9 Å². The molecule has 1 heterocycles. The van der Waals surface area contributed by atoms with Crippen LogP contribution in [0.15, 0.2) is 24.5 Å². The Balaban J connectivity index is 1.86. The van der Waals surface area contributed by atoms with E-state index in [1.165, 1.54) is 57.1 Å². The molecule has 100 valence electrons. The molecule has 2 rings (SSSR count). The average molecular weight is 246 g/mol. The fraction of sp³-hybridized carbons (Fsp3) is 0.688. The normalized spacial score (nSPS) is 24.7. The number of pyridine rings is 1. The Bertz CT molecular complexity index is 323. The molecule has 0 radical (unpaired) electrons. The summed E-state index contributed by atoms with van der Waals surface area (Å²) in [4.78, 5) is 4.23. The second-order valence-electron chi connectivity index (χ2n) is 5.60. The molecular formula is C16H26N2. The first kappa shape index (κ1) is 13.5. The predicted molar refractivity (Wildman–Crippen MR) is 76.6 cm³/mol. The monoisotopic (exact) mass is 246 g/mol. The van der Waals surface area contributed by atoms with Crippen molar-refractivity contribution in [3.8, 4) is 0 Å². The molecule has 18 heavy (non-hydrogen) atoms. The highest BCUT2D eigenvalue weighted by Gasteiger charge is 2.19. The lowest BCUT2D eigenvalue weighted by atomic mass is 9.91. The number of nitrogens with zero attached hydrogens (tertiary/aromatic N) is 1. The van der Waals surface area contributed by atoms with Crippen molar-refractivity contribution in [2.75, 3.05) is 6.54 Å². The van der Waals surface area contributed by atoms with Crippen LogP contribution < -0.4 is 5.32 Å². The maximum absolute atomic E-state index is 4.23. The Kier molecular flexibility index (Phi) is 5.66. The van der Waals surface area contributed by atoms with Gasteiger partial charge in [-0.05, 0) is 49.8 Å². The van der Waals surface area contributed by atoms with E-state index in [2.05, 4.69) is 29.4 Å². The fourth-order valence-electron chi connectivity index (χ4n) is 3.03. The van der Waals surface area contributed by atoms with Crippen LogP contribution in [0.4, 0.5) is 0 Å². The van der Waals surface area contributed by atoms with E-state index < -0.39 is 0 Å². The Morgan fingerprint density at radius 2 is 2.22 bits per heavy atom. The molecule has 1 aliphatic rings. The van der Waals surface area contributed by atoms with Gasteiger partial charge in [0, 0.05) is 18.4 Å². The van der Waals surface area contributed by atoms with E-state index in [-0.39, 0.29) is 0 Å². The van der Waals surface area contributed by atoms with Crippen molar-refractivity contribution in [2.24, 2.45) is 5.92 Å². The molecule has 0 aromatic carbocycles. The van der Waals surface area contributed by atoms with Gasteiger partial charge >= 0.3 is 0 Å². The largest absolute Gasteiger partial charge is 0.314 e. The van der Waals surface area contributed by atoms with Gasteiger partial charge in [0.15, 0.2) is 0 Å². The quantitative estimate of drug-likeness (QED) is 0.803. The first-order valence-electron chi connectivity index (χ1n) is 7.50. The van der Waals surface area contributed by atoms with Crippen LogP contribution in [-0.4, -0.2) is 17.6 Å². The van der Waals surface area contributed by atoms with Crippen molar-refractivity contribution in [1.29, 1.82) is 0 Å². The zero-order valence-electron chi connectivity index (χ0n) is 11.6. The molecule has 2 atom stereocenters. The van der Waals surface area contributed by atoms with Gasteiger partial charge in [-0.3, -0.25) is 4.98 Å². The summed E-state index contributed by atoms with van der Waals surface area (Å²) in [5, 5.41) is 3.71. The summed E-state index contributed by atoms with van der Waals surface area (Å²) in [6.45, 7) is 3.42. The summed E-state index contributed by atoms with van der Waals surface area (Å²) >= 11 is 0. The van der Waals surface area contributed by atoms with Gasteiger partial charge in [0.2, 0.25) is 0 Å². The zero-order valence-corrected chi connectivity index (χ0v) is 11.6. The van der Waals surface area contributed by atoms with Crippen LogP contribution in [0.25, 0.3) is 0 Å². The van der Waals surface area contributed by atoms with Gasteiger partial charge in [0.1, 0.15) is 0 Å². The van der Waals surface area contributed by atoms with Crippen LogP contribution in [0.5, 0.6) is 0 Å². The molecule has 1 aliphatic carbocycles.